The van der Waals surface area contributed by atoms with Crippen LogP contribution in [0.15, 0.2) is 72.8 Å². The highest BCUT2D eigenvalue weighted by molar-refractivity contribution is 6.07. The Hall–Kier alpha value is -4.24. The lowest BCUT2D eigenvalue weighted by Crippen LogP contribution is -2.46. The molecule has 1 atom stereocenters. The fourth-order valence-electron chi connectivity index (χ4n) is 4.49. The number of ether oxygens (including phenoxy) is 2. The molecule has 0 saturated carbocycles. The first-order chi connectivity index (χ1) is 16.5. The Morgan fingerprint density at radius 3 is 2.44 bits per heavy atom. The molecule has 2 aliphatic heterocycles. The van der Waals surface area contributed by atoms with E-state index < -0.39 is 22.4 Å². The highest BCUT2D eigenvalue weighted by Crippen LogP contribution is 2.37. The molecule has 9 heteroatoms. The van der Waals surface area contributed by atoms with Crippen molar-refractivity contribution in [2.24, 2.45) is 0 Å². The second kappa shape index (κ2) is 8.60. The molecule has 3 aromatic rings. The molecule has 3 amide bonds. The predicted octanol–water partition coefficient (Wildman–Crippen LogP) is 3.65. The first kappa shape index (κ1) is 21.6. The molecule has 2 heterocycles. The van der Waals surface area contributed by atoms with Gasteiger partial charge < -0.3 is 14.8 Å². The van der Waals surface area contributed by atoms with Gasteiger partial charge in [-0.15, -0.1) is 0 Å². The van der Waals surface area contributed by atoms with Gasteiger partial charge in [0.15, 0.2) is 12.3 Å². The lowest BCUT2D eigenvalue weighted by molar-refractivity contribution is -0.385. The molecule has 1 fully saturated rings. The molecular formula is C25H21N3O6. The zero-order chi connectivity index (χ0) is 23.7. The van der Waals surface area contributed by atoms with Crippen molar-refractivity contribution in [3.05, 3.63) is 105 Å². The van der Waals surface area contributed by atoms with Crippen LogP contribution in [0.4, 0.5) is 10.5 Å². The molecule has 0 spiro atoms. The Labute approximate surface area is 195 Å². The monoisotopic (exact) mass is 459 g/mol. The molecule has 34 heavy (non-hydrogen) atoms. The molecule has 5 rings (SSSR count). The number of non-ortho nitro benzene ring substituents is 1. The minimum Gasteiger partial charge on any atom is -0.467 e. The Balaban J connectivity index is 1.54. The minimum absolute atomic E-state index is 0.0140. The number of hydrogen-bond donors (Lipinski definition) is 1. The van der Waals surface area contributed by atoms with Crippen molar-refractivity contribution in [3.8, 4) is 5.75 Å². The maximum absolute atomic E-state index is 13.9. The summed E-state index contributed by atoms with van der Waals surface area (Å²) in [6, 6.07) is 20.7. The summed E-state index contributed by atoms with van der Waals surface area (Å²) in [4.78, 5) is 39.1. The van der Waals surface area contributed by atoms with Crippen LogP contribution in [-0.2, 0) is 34.6 Å². The summed E-state index contributed by atoms with van der Waals surface area (Å²) in [6.07, 6.45) is 0.260. The van der Waals surface area contributed by atoms with Crippen LogP contribution < -0.4 is 10.1 Å². The van der Waals surface area contributed by atoms with E-state index in [1.807, 2.05) is 48.5 Å². The SMILES string of the molecule is O=C1N[C@](Cc2ccccc2)(c2ccccc2)C(=O)N1Cc1cc([N+](=O)[O-])cc2c1OCOC2. The van der Waals surface area contributed by atoms with Gasteiger partial charge in [-0.3, -0.25) is 19.8 Å². The van der Waals surface area contributed by atoms with E-state index in [1.54, 1.807) is 12.1 Å². The Bertz CT molecular complexity index is 1260. The zero-order valence-electron chi connectivity index (χ0n) is 18.1. The largest absolute Gasteiger partial charge is 0.467 e. The van der Waals surface area contributed by atoms with Crippen LogP contribution in [0, 0.1) is 10.1 Å². The fraction of sp³-hybridized carbons (Fsp3) is 0.200. The van der Waals surface area contributed by atoms with Crippen molar-refractivity contribution in [2.45, 2.75) is 25.1 Å². The van der Waals surface area contributed by atoms with Crippen LogP contribution in [0.25, 0.3) is 0 Å². The lowest BCUT2D eigenvalue weighted by Gasteiger charge is -2.28. The highest BCUT2D eigenvalue weighted by Gasteiger charge is 2.52. The van der Waals surface area contributed by atoms with Gasteiger partial charge in [0.25, 0.3) is 11.6 Å². The molecule has 172 valence electrons. The van der Waals surface area contributed by atoms with Crippen LogP contribution in [-0.4, -0.2) is 28.6 Å². The maximum Gasteiger partial charge on any atom is 0.325 e. The van der Waals surface area contributed by atoms with Crippen LogP contribution in [0.2, 0.25) is 0 Å². The summed E-state index contributed by atoms with van der Waals surface area (Å²) in [7, 11) is 0. The van der Waals surface area contributed by atoms with Crippen molar-refractivity contribution in [2.75, 3.05) is 6.79 Å². The summed E-state index contributed by atoms with van der Waals surface area (Å²) in [6.45, 7) is -0.0376. The van der Waals surface area contributed by atoms with E-state index in [0.29, 0.717) is 22.4 Å². The molecule has 0 aliphatic carbocycles. The van der Waals surface area contributed by atoms with Crippen LogP contribution in [0.5, 0.6) is 5.75 Å². The number of imide groups is 1. The Kier molecular flexibility index (Phi) is 5.46. The van der Waals surface area contributed by atoms with E-state index in [0.717, 1.165) is 10.5 Å². The third kappa shape index (κ3) is 3.75. The average Bonchev–Trinajstić information content (AvgIpc) is 3.10. The van der Waals surface area contributed by atoms with Crippen LogP contribution in [0.1, 0.15) is 22.3 Å². The number of carbonyl (C=O) groups excluding carboxylic acids is 2. The van der Waals surface area contributed by atoms with Crippen LogP contribution in [0.3, 0.4) is 0 Å². The lowest BCUT2D eigenvalue weighted by atomic mass is 9.83. The van der Waals surface area contributed by atoms with E-state index in [-0.39, 0.29) is 32.1 Å². The second-order valence-corrected chi connectivity index (χ2v) is 8.22. The topological polar surface area (TPSA) is 111 Å². The number of nitrogens with one attached hydrogen (secondary N) is 1. The molecule has 3 aromatic carbocycles. The summed E-state index contributed by atoms with van der Waals surface area (Å²) in [5.41, 5.74) is 0.958. The van der Waals surface area contributed by atoms with Gasteiger partial charge in [-0.05, 0) is 11.1 Å². The van der Waals surface area contributed by atoms with Gasteiger partial charge in [-0.25, -0.2) is 4.79 Å². The van der Waals surface area contributed by atoms with Crippen molar-refractivity contribution in [1.29, 1.82) is 0 Å². The standard InChI is InChI=1S/C25H21N3O6/c29-23-25(20-9-5-2-6-10-20,13-17-7-3-1-4-8-17)26-24(30)27(23)14-18-11-21(28(31)32)12-19-15-33-16-34-22(18)19/h1-12H,13-16H2,(H,26,30)/t25-/m1/s1. The number of urea groups is 1. The molecule has 0 aromatic heterocycles. The van der Waals surface area contributed by atoms with E-state index in [2.05, 4.69) is 5.32 Å². The number of nitro benzene ring substituents is 1. The van der Waals surface area contributed by atoms with Crippen molar-refractivity contribution >= 4 is 17.6 Å². The smallest absolute Gasteiger partial charge is 0.325 e. The van der Waals surface area contributed by atoms with Crippen LogP contribution >= 0.6 is 0 Å². The van der Waals surface area contributed by atoms with Gasteiger partial charge in [-0.1, -0.05) is 60.7 Å². The summed E-state index contributed by atoms with van der Waals surface area (Å²) < 4.78 is 10.8. The van der Waals surface area contributed by atoms with Gasteiger partial charge in [-0.2, -0.15) is 0 Å². The average molecular weight is 459 g/mol. The number of hydrogen-bond acceptors (Lipinski definition) is 6. The van der Waals surface area contributed by atoms with Crippen molar-refractivity contribution in [1.82, 2.24) is 10.2 Å². The number of benzene rings is 3. The van der Waals surface area contributed by atoms with E-state index in [9.17, 15) is 19.7 Å². The summed E-state index contributed by atoms with van der Waals surface area (Å²) in [5.74, 6) is -0.0300. The van der Waals surface area contributed by atoms with Gasteiger partial charge >= 0.3 is 6.03 Å². The summed E-state index contributed by atoms with van der Waals surface area (Å²) in [5, 5.41) is 14.4. The Morgan fingerprint density at radius 2 is 1.74 bits per heavy atom. The first-order valence-corrected chi connectivity index (χ1v) is 10.7. The normalized spacial score (nSPS) is 19.4. The molecule has 0 bridgehead atoms. The summed E-state index contributed by atoms with van der Waals surface area (Å²) >= 11 is 0. The molecule has 0 unspecified atom stereocenters. The third-order valence-electron chi connectivity index (χ3n) is 6.07. The number of rotatable bonds is 6. The third-order valence-corrected chi connectivity index (χ3v) is 6.07. The molecule has 2 aliphatic rings. The maximum atomic E-state index is 13.9. The first-order valence-electron chi connectivity index (χ1n) is 10.7. The number of carbonyl (C=O) groups is 2. The fourth-order valence-corrected chi connectivity index (χ4v) is 4.49. The molecule has 9 nitrogen and oxygen atoms in total. The predicted molar refractivity (Wildman–Crippen MR) is 121 cm³/mol. The van der Waals surface area contributed by atoms with Gasteiger partial charge in [0.05, 0.1) is 18.1 Å². The quantitative estimate of drug-likeness (QED) is 0.342. The molecule has 0 radical (unpaired) electrons. The number of nitrogens with zero attached hydrogens (tertiary/aromatic N) is 2. The van der Waals surface area contributed by atoms with Gasteiger partial charge in [0, 0.05) is 29.7 Å². The number of fused-ring (bicyclic) bond motifs is 1. The van der Waals surface area contributed by atoms with Crippen molar-refractivity contribution < 1.29 is 24.0 Å². The number of amides is 3. The van der Waals surface area contributed by atoms with E-state index >= 15 is 0 Å². The molecule has 1 saturated heterocycles. The highest BCUT2D eigenvalue weighted by atomic mass is 16.7. The van der Waals surface area contributed by atoms with E-state index in [4.69, 9.17) is 9.47 Å². The molecule has 1 N–H and O–H groups in total. The molecular weight excluding hydrogens is 438 g/mol. The van der Waals surface area contributed by atoms with E-state index in [1.165, 1.54) is 12.1 Å². The number of nitro groups is 1. The minimum atomic E-state index is -1.30. The Morgan fingerprint density at radius 1 is 1.03 bits per heavy atom. The van der Waals surface area contributed by atoms with Gasteiger partial charge in [0.2, 0.25) is 0 Å². The van der Waals surface area contributed by atoms with Gasteiger partial charge in [0.1, 0.15) is 5.75 Å². The van der Waals surface area contributed by atoms with Crippen molar-refractivity contribution in [3.63, 3.8) is 0 Å². The second-order valence-electron chi connectivity index (χ2n) is 8.22. The zero-order valence-corrected chi connectivity index (χ0v) is 18.1.